The molecule has 32 heavy (non-hydrogen) atoms. The van der Waals surface area contributed by atoms with Gasteiger partial charge in [0.2, 0.25) is 0 Å². The monoisotopic (exact) mass is 428 g/mol. The third kappa shape index (κ3) is 3.54. The molecule has 0 atom stereocenters. The van der Waals surface area contributed by atoms with E-state index in [1.54, 1.807) is 35.9 Å². The van der Waals surface area contributed by atoms with Crippen LogP contribution in [-0.4, -0.2) is 36.4 Å². The first-order chi connectivity index (χ1) is 15.6. The number of pyridine rings is 1. The van der Waals surface area contributed by atoms with Gasteiger partial charge >= 0.3 is 0 Å². The van der Waals surface area contributed by atoms with Crippen LogP contribution in [0.4, 0.5) is 5.69 Å². The van der Waals surface area contributed by atoms with Gasteiger partial charge in [-0.15, -0.1) is 0 Å². The summed E-state index contributed by atoms with van der Waals surface area (Å²) in [6, 6.07) is 19.9. The van der Waals surface area contributed by atoms with Crippen LogP contribution in [0, 0.1) is 0 Å². The zero-order valence-electron chi connectivity index (χ0n) is 17.3. The van der Waals surface area contributed by atoms with Crippen LogP contribution in [0.3, 0.4) is 0 Å². The number of methoxy groups -OCH3 is 1. The van der Waals surface area contributed by atoms with Crippen molar-refractivity contribution in [1.29, 1.82) is 0 Å². The van der Waals surface area contributed by atoms with Crippen molar-refractivity contribution in [1.82, 2.24) is 4.40 Å². The second-order valence-corrected chi connectivity index (χ2v) is 7.27. The van der Waals surface area contributed by atoms with Crippen molar-refractivity contribution < 1.29 is 23.8 Å². The molecule has 0 radical (unpaired) electrons. The number of aromatic nitrogens is 1. The Labute approximate surface area is 184 Å². The molecule has 1 aliphatic rings. The smallest absolute Gasteiger partial charge is 0.298 e. The molecule has 0 unspecified atom stereocenters. The molecule has 0 saturated carbocycles. The minimum atomic E-state index is -0.736. The van der Waals surface area contributed by atoms with Crippen molar-refractivity contribution in [3.05, 3.63) is 78.6 Å². The predicted octanol–water partition coefficient (Wildman–Crippen LogP) is 4.21. The molecule has 160 valence electrons. The SMILES string of the molecule is COc1ccc(-c2cc3ccccn3c2C(=O)C(=O)Nc2ccc3c(c2)OCCO3)cc1. The number of rotatable bonds is 5. The topological polar surface area (TPSA) is 78.3 Å². The summed E-state index contributed by atoms with van der Waals surface area (Å²) in [6.07, 6.45) is 1.77. The molecule has 0 aliphatic carbocycles. The van der Waals surface area contributed by atoms with Crippen LogP contribution in [0.2, 0.25) is 0 Å². The highest BCUT2D eigenvalue weighted by atomic mass is 16.6. The highest BCUT2D eigenvalue weighted by molar-refractivity contribution is 6.47. The lowest BCUT2D eigenvalue weighted by atomic mass is 10.0. The van der Waals surface area contributed by atoms with Crippen LogP contribution >= 0.6 is 0 Å². The molecule has 4 aromatic rings. The van der Waals surface area contributed by atoms with Crippen molar-refractivity contribution in [2.24, 2.45) is 0 Å². The van der Waals surface area contributed by atoms with Crippen molar-refractivity contribution in [3.8, 4) is 28.4 Å². The molecule has 2 aromatic heterocycles. The van der Waals surface area contributed by atoms with Gasteiger partial charge < -0.3 is 23.9 Å². The number of hydrogen-bond donors (Lipinski definition) is 1. The maximum atomic E-state index is 13.3. The molecule has 3 heterocycles. The molecule has 5 rings (SSSR count). The molecule has 1 N–H and O–H groups in total. The van der Waals surface area contributed by atoms with E-state index >= 15 is 0 Å². The second-order valence-electron chi connectivity index (χ2n) is 7.27. The summed E-state index contributed by atoms with van der Waals surface area (Å²) in [5, 5.41) is 2.68. The number of nitrogens with zero attached hydrogens (tertiary/aromatic N) is 1. The largest absolute Gasteiger partial charge is 0.497 e. The van der Waals surface area contributed by atoms with Crippen molar-refractivity contribution in [2.45, 2.75) is 0 Å². The van der Waals surface area contributed by atoms with Crippen LogP contribution < -0.4 is 19.5 Å². The summed E-state index contributed by atoms with van der Waals surface area (Å²) >= 11 is 0. The Morgan fingerprint density at radius 1 is 0.938 bits per heavy atom. The van der Waals surface area contributed by atoms with E-state index in [4.69, 9.17) is 14.2 Å². The van der Waals surface area contributed by atoms with Crippen LogP contribution in [0.15, 0.2) is 72.9 Å². The minimum Gasteiger partial charge on any atom is -0.497 e. The summed E-state index contributed by atoms with van der Waals surface area (Å²) in [7, 11) is 1.60. The van der Waals surface area contributed by atoms with Gasteiger partial charge in [-0.1, -0.05) is 18.2 Å². The van der Waals surface area contributed by atoms with Gasteiger partial charge in [0.05, 0.1) is 7.11 Å². The molecular weight excluding hydrogens is 408 g/mol. The Morgan fingerprint density at radius 2 is 1.72 bits per heavy atom. The molecule has 1 aliphatic heterocycles. The van der Waals surface area contributed by atoms with Gasteiger partial charge in [-0.25, -0.2) is 0 Å². The fourth-order valence-electron chi connectivity index (χ4n) is 3.76. The second kappa shape index (κ2) is 8.11. The highest BCUT2D eigenvalue weighted by Gasteiger charge is 2.25. The van der Waals surface area contributed by atoms with Crippen LogP contribution in [0.25, 0.3) is 16.6 Å². The first kappa shape index (κ1) is 19.7. The van der Waals surface area contributed by atoms with Gasteiger partial charge in [0, 0.05) is 29.0 Å². The minimum absolute atomic E-state index is 0.292. The summed E-state index contributed by atoms with van der Waals surface area (Å²) in [4.78, 5) is 26.3. The molecule has 7 nitrogen and oxygen atoms in total. The van der Waals surface area contributed by atoms with Gasteiger partial charge in [0.15, 0.2) is 11.5 Å². The zero-order chi connectivity index (χ0) is 22.1. The Kier molecular flexibility index (Phi) is 4.99. The van der Waals surface area contributed by atoms with E-state index in [0.29, 0.717) is 47.4 Å². The van der Waals surface area contributed by atoms with Gasteiger partial charge in [-0.05, 0) is 48.0 Å². The first-order valence-electron chi connectivity index (χ1n) is 10.1. The Bertz CT molecular complexity index is 1320. The average molecular weight is 428 g/mol. The van der Waals surface area contributed by atoms with E-state index in [0.717, 1.165) is 11.1 Å². The number of amides is 1. The normalized spacial score (nSPS) is 12.4. The molecule has 1 amide bonds. The summed E-state index contributed by atoms with van der Waals surface area (Å²) in [5.41, 5.74) is 3.04. The fraction of sp³-hybridized carbons (Fsp3) is 0.120. The quantitative estimate of drug-likeness (QED) is 0.381. The number of anilines is 1. The van der Waals surface area contributed by atoms with Gasteiger partial charge in [-0.2, -0.15) is 0 Å². The number of benzene rings is 2. The van der Waals surface area contributed by atoms with E-state index in [2.05, 4.69) is 5.32 Å². The Morgan fingerprint density at radius 3 is 2.50 bits per heavy atom. The predicted molar refractivity (Wildman–Crippen MR) is 120 cm³/mol. The number of nitrogens with one attached hydrogen (secondary N) is 1. The lowest BCUT2D eigenvalue weighted by Gasteiger charge is -2.19. The number of hydrogen-bond acceptors (Lipinski definition) is 5. The van der Waals surface area contributed by atoms with Crippen LogP contribution in [0.1, 0.15) is 10.5 Å². The van der Waals surface area contributed by atoms with Gasteiger partial charge in [0.25, 0.3) is 11.7 Å². The third-order valence-electron chi connectivity index (χ3n) is 5.30. The molecule has 0 saturated heterocycles. The number of Topliss-reactive ketones (excluding diaryl/α,β-unsaturated/α-hetero) is 1. The van der Waals surface area contributed by atoms with E-state index in [1.807, 2.05) is 48.5 Å². The summed E-state index contributed by atoms with van der Waals surface area (Å²) < 4.78 is 18.0. The summed E-state index contributed by atoms with van der Waals surface area (Å²) in [6.45, 7) is 0.914. The first-order valence-corrected chi connectivity index (χ1v) is 10.1. The van der Waals surface area contributed by atoms with E-state index in [9.17, 15) is 9.59 Å². The standard InChI is InChI=1S/C25H20N2O5/c1-30-19-8-5-16(6-9-19)20-15-18-4-2-3-11-27(18)23(20)24(28)25(29)26-17-7-10-21-22(14-17)32-13-12-31-21/h2-11,14-15H,12-13H2,1H3,(H,26,29). The molecule has 0 bridgehead atoms. The molecule has 7 heteroatoms. The highest BCUT2D eigenvalue weighted by Crippen LogP contribution is 2.33. The van der Waals surface area contributed by atoms with E-state index in [1.165, 1.54) is 0 Å². The van der Waals surface area contributed by atoms with Crippen molar-refractivity contribution in [3.63, 3.8) is 0 Å². The Hall–Kier alpha value is -4.26. The molecule has 0 spiro atoms. The maximum absolute atomic E-state index is 13.3. The molecular formula is C25H20N2O5. The number of carbonyl (C=O) groups excluding carboxylic acids is 2. The van der Waals surface area contributed by atoms with Gasteiger partial charge in [0.1, 0.15) is 24.7 Å². The molecule has 2 aromatic carbocycles. The van der Waals surface area contributed by atoms with Crippen LogP contribution in [0.5, 0.6) is 17.2 Å². The average Bonchev–Trinajstić information content (AvgIpc) is 3.23. The van der Waals surface area contributed by atoms with E-state index in [-0.39, 0.29) is 0 Å². The maximum Gasteiger partial charge on any atom is 0.298 e. The summed E-state index contributed by atoms with van der Waals surface area (Å²) in [5.74, 6) is 0.479. The molecule has 0 fully saturated rings. The lowest BCUT2D eigenvalue weighted by Crippen LogP contribution is -2.25. The third-order valence-corrected chi connectivity index (χ3v) is 5.30. The van der Waals surface area contributed by atoms with Crippen molar-refractivity contribution >= 4 is 22.9 Å². The fourth-order valence-corrected chi connectivity index (χ4v) is 3.76. The van der Waals surface area contributed by atoms with Crippen LogP contribution in [-0.2, 0) is 4.79 Å². The van der Waals surface area contributed by atoms with E-state index < -0.39 is 11.7 Å². The Balaban J connectivity index is 1.50. The number of fused-ring (bicyclic) bond motifs is 2. The number of ketones is 1. The number of ether oxygens (including phenoxy) is 3. The lowest BCUT2D eigenvalue weighted by molar-refractivity contribution is -0.112. The number of carbonyl (C=O) groups is 2. The zero-order valence-corrected chi connectivity index (χ0v) is 17.3. The van der Waals surface area contributed by atoms with Crippen molar-refractivity contribution in [2.75, 3.05) is 25.6 Å². The van der Waals surface area contributed by atoms with Gasteiger partial charge in [-0.3, -0.25) is 9.59 Å².